The Hall–Kier alpha value is -2.21. The Labute approximate surface area is 172 Å². The average Bonchev–Trinajstić information content (AvgIpc) is 3.34. The standard InChI is InChI=1S/C18H20N4O5S2/c1-12-16(13(2)27-21-12)11-28-18-20-19-17(26-18)14-4-3-5-15(10-14)29(23,24)22-6-8-25-9-7-22/h3-5,10H,6-9,11H2,1-2H3. The molecule has 9 nitrogen and oxygen atoms in total. The van der Waals surface area contributed by atoms with Crippen molar-refractivity contribution >= 4 is 21.8 Å². The van der Waals surface area contributed by atoms with Crippen LogP contribution in [0.4, 0.5) is 0 Å². The van der Waals surface area contributed by atoms with Crippen molar-refractivity contribution in [2.75, 3.05) is 26.3 Å². The van der Waals surface area contributed by atoms with Gasteiger partial charge < -0.3 is 13.7 Å². The van der Waals surface area contributed by atoms with E-state index in [0.29, 0.717) is 42.8 Å². The fourth-order valence-electron chi connectivity index (χ4n) is 2.95. The highest BCUT2D eigenvalue weighted by Crippen LogP contribution is 2.29. The van der Waals surface area contributed by atoms with Crippen LogP contribution in [0.1, 0.15) is 17.0 Å². The van der Waals surface area contributed by atoms with E-state index in [1.807, 2.05) is 13.8 Å². The van der Waals surface area contributed by atoms with Gasteiger partial charge in [0.05, 0.1) is 23.8 Å². The first kappa shape index (κ1) is 20.1. The summed E-state index contributed by atoms with van der Waals surface area (Å²) in [5.74, 6) is 1.62. The quantitative estimate of drug-likeness (QED) is 0.538. The van der Waals surface area contributed by atoms with E-state index in [2.05, 4.69) is 15.4 Å². The van der Waals surface area contributed by atoms with E-state index in [0.717, 1.165) is 17.0 Å². The van der Waals surface area contributed by atoms with Gasteiger partial charge in [0, 0.05) is 30.0 Å². The van der Waals surface area contributed by atoms with Crippen molar-refractivity contribution in [2.24, 2.45) is 0 Å². The minimum atomic E-state index is -3.59. The van der Waals surface area contributed by atoms with Crippen molar-refractivity contribution in [1.29, 1.82) is 0 Å². The molecule has 0 aliphatic carbocycles. The third kappa shape index (κ3) is 4.22. The summed E-state index contributed by atoms with van der Waals surface area (Å²) < 4.78 is 43.3. The number of aryl methyl sites for hydroxylation is 2. The Morgan fingerprint density at radius 2 is 1.97 bits per heavy atom. The summed E-state index contributed by atoms with van der Waals surface area (Å²) >= 11 is 1.37. The maximum Gasteiger partial charge on any atom is 0.277 e. The molecule has 1 aromatic carbocycles. The predicted octanol–water partition coefficient (Wildman–Crippen LogP) is 2.65. The van der Waals surface area contributed by atoms with Gasteiger partial charge in [-0.15, -0.1) is 10.2 Å². The Morgan fingerprint density at radius 3 is 2.69 bits per heavy atom. The number of benzene rings is 1. The highest BCUT2D eigenvalue weighted by molar-refractivity contribution is 7.98. The second kappa shape index (κ2) is 8.27. The summed E-state index contributed by atoms with van der Waals surface area (Å²) in [4.78, 5) is 0.194. The highest BCUT2D eigenvalue weighted by atomic mass is 32.2. The predicted molar refractivity (Wildman–Crippen MR) is 105 cm³/mol. The monoisotopic (exact) mass is 436 g/mol. The van der Waals surface area contributed by atoms with Gasteiger partial charge in [0.1, 0.15) is 5.76 Å². The van der Waals surface area contributed by atoms with Crippen molar-refractivity contribution in [3.8, 4) is 11.5 Å². The normalized spacial score (nSPS) is 15.7. The lowest BCUT2D eigenvalue weighted by molar-refractivity contribution is 0.0730. The van der Waals surface area contributed by atoms with Crippen LogP contribution in [0.15, 0.2) is 43.3 Å². The molecule has 11 heteroatoms. The third-order valence-corrected chi connectivity index (χ3v) is 7.36. The van der Waals surface area contributed by atoms with Gasteiger partial charge in [0.25, 0.3) is 5.22 Å². The van der Waals surface area contributed by atoms with Crippen LogP contribution >= 0.6 is 11.8 Å². The van der Waals surface area contributed by atoms with Gasteiger partial charge in [0.2, 0.25) is 15.9 Å². The minimum absolute atomic E-state index is 0.194. The molecule has 0 amide bonds. The van der Waals surface area contributed by atoms with Crippen molar-refractivity contribution in [2.45, 2.75) is 29.7 Å². The van der Waals surface area contributed by atoms with Crippen molar-refractivity contribution in [3.63, 3.8) is 0 Å². The van der Waals surface area contributed by atoms with Crippen LogP contribution in [0.3, 0.4) is 0 Å². The van der Waals surface area contributed by atoms with Gasteiger partial charge >= 0.3 is 0 Å². The zero-order valence-electron chi connectivity index (χ0n) is 16.0. The highest BCUT2D eigenvalue weighted by Gasteiger charge is 2.27. The second-order valence-corrected chi connectivity index (χ2v) is 9.37. The molecule has 2 aromatic heterocycles. The second-order valence-electron chi connectivity index (χ2n) is 6.51. The fraction of sp³-hybridized carbons (Fsp3) is 0.389. The Morgan fingerprint density at radius 1 is 1.17 bits per heavy atom. The van der Waals surface area contributed by atoms with Gasteiger partial charge in [-0.2, -0.15) is 4.31 Å². The lowest BCUT2D eigenvalue weighted by Crippen LogP contribution is -2.40. The molecule has 0 spiro atoms. The van der Waals surface area contributed by atoms with Crippen LogP contribution in [0.2, 0.25) is 0 Å². The molecule has 0 N–H and O–H groups in total. The summed E-state index contributed by atoms with van der Waals surface area (Å²) in [5, 5.41) is 12.4. The molecular weight excluding hydrogens is 416 g/mol. The van der Waals surface area contributed by atoms with Crippen LogP contribution < -0.4 is 0 Å². The summed E-state index contributed by atoms with van der Waals surface area (Å²) in [6, 6.07) is 6.54. The van der Waals surface area contributed by atoms with Crippen LogP contribution in [0, 0.1) is 13.8 Å². The Balaban J connectivity index is 1.52. The number of ether oxygens (including phenoxy) is 1. The summed E-state index contributed by atoms with van der Waals surface area (Å²) in [5.41, 5.74) is 2.38. The molecule has 1 saturated heterocycles. The number of hydrogen-bond acceptors (Lipinski definition) is 9. The van der Waals surface area contributed by atoms with Crippen LogP contribution in [0.5, 0.6) is 0 Å². The first-order valence-electron chi connectivity index (χ1n) is 9.01. The molecule has 1 fully saturated rings. The SMILES string of the molecule is Cc1noc(C)c1CSc1nnc(-c2cccc(S(=O)(=O)N3CCOCC3)c2)o1. The number of aromatic nitrogens is 3. The van der Waals surface area contributed by atoms with Gasteiger partial charge in [-0.1, -0.05) is 23.0 Å². The maximum atomic E-state index is 12.9. The summed E-state index contributed by atoms with van der Waals surface area (Å²) in [6.07, 6.45) is 0. The van der Waals surface area contributed by atoms with E-state index in [-0.39, 0.29) is 10.8 Å². The van der Waals surface area contributed by atoms with E-state index in [1.165, 1.54) is 16.1 Å². The van der Waals surface area contributed by atoms with E-state index in [4.69, 9.17) is 13.7 Å². The molecule has 0 radical (unpaired) electrons. The number of hydrogen-bond donors (Lipinski definition) is 0. The molecule has 4 rings (SSSR count). The summed E-state index contributed by atoms with van der Waals surface area (Å²) in [7, 11) is -3.59. The molecule has 154 valence electrons. The van der Waals surface area contributed by atoms with E-state index in [9.17, 15) is 8.42 Å². The number of nitrogens with zero attached hydrogens (tertiary/aromatic N) is 4. The molecule has 0 saturated carbocycles. The maximum absolute atomic E-state index is 12.9. The first-order chi connectivity index (χ1) is 13.9. The van der Waals surface area contributed by atoms with Gasteiger partial charge in [-0.05, 0) is 32.0 Å². The number of sulfonamides is 1. The summed E-state index contributed by atoms with van der Waals surface area (Å²) in [6.45, 7) is 5.22. The third-order valence-electron chi connectivity index (χ3n) is 4.62. The zero-order valence-corrected chi connectivity index (χ0v) is 17.6. The number of morpholine rings is 1. The van der Waals surface area contributed by atoms with E-state index in [1.54, 1.807) is 24.3 Å². The number of thioether (sulfide) groups is 1. The first-order valence-corrected chi connectivity index (χ1v) is 11.4. The van der Waals surface area contributed by atoms with Gasteiger partial charge in [0.15, 0.2) is 0 Å². The topological polar surface area (TPSA) is 112 Å². The largest absolute Gasteiger partial charge is 0.411 e. The van der Waals surface area contributed by atoms with E-state index >= 15 is 0 Å². The molecule has 1 aliphatic rings. The van der Waals surface area contributed by atoms with E-state index < -0.39 is 10.0 Å². The molecule has 0 unspecified atom stereocenters. The van der Waals surface area contributed by atoms with Gasteiger partial charge in [-0.25, -0.2) is 8.42 Å². The molecule has 3 heterocycles. The Kier molecular flexibility index (Phi) is 5.72. The van der Waals surface area contributed by atoms with Crippen molar-refractivity contribution in [3.05, 3.63) is 41.3 Å². The molecule has 0 atom stereocenters. The smallest absolute Gasteiger partial charge is 0.277 e. The van der Waals surface area contributed by atoms with Crippen molar-refractivity contribution < 1.29 is 22.1 Å². The molecule has 1 aliphatic heterocycles. The lowest BCUT2D eigenvalue weighted by Gasteiger charge is -2.26. The molecule has 0 bridgehead atoms. The zero-order chi connectivity index (χ0) is 20.4. The molecule has 29 heavy (non-hydrogen) atoms. The Bertz CT molecular complexity index is 1080. The molecular formula is C18H20N4O5S2. The molecule has 3 aromatic rings. The van der Waals surface area contributed by atoms with Crippen molar-refractivity contribution in [1.82, 2.24) is 19.7 Å². The lowest BCUT2D eigenvalue weighted by atomic mass is 10.2. The number of rotatable bonds is 6. The minimum Gasteiger partial charge on any atom is -0.411 e. The fourth-order valence-corrected chi connectivity index (χ4v) is 5.32. The van der Waals surface area contributed by atoms with Crippen LogP contribution in [-0.4, -0.2) is 54.4 Å². The van der Waals surface area contributed by atoms with Crippen LogP contribution in [0.25, 0.3) is 11.5 Å². The van der Waals surface area contributed by atoms with Crippen LogP contribution in [-0.2, 0) is 20.5 Å². The average molecular weight is 437 g/mol. The van der Waals surface area contributed by atoms with Gasteiger partial charge in [-0.3, -0.25) is 0 Å².